The van der Waals surface area contributed by atoms with Gasteiger partial charge in [0.1, 0.15) is 23.3 Å². The topological polar surface area (TPSA) is 88.5 Å². The molecule has 0 spiro atoms. The summed E-state index contributed by atoms with van der Waals surface area (Å²) in [4.78, 5) is 28.5. The number of allylic oxidation sites excluding steroid dienone is 4. The summed E-state index contributed by atoms with van der Waals surface area (Å²) in [7, 11) is 0. The molecule has 0 fully saturated rings. The average Bonchev–Trinajstić information content (AvgIpc) is 4.02. The Morgan fingerprint density at radius 1 is 0.521 bits per heavy atom. The van der Waals surface area contributed by atoms with E-state index in [0.717, 1.165) is 113 Å². The molecule has 0 aliphatic carbocycles. The number of aromatic nitrogens is 5. The zero-order valence-corrected chi connectivity index (χ0v) is 40.6. The summed E-state index contributed by atoms with van der Waals surface area (Å²) in [6.45, 7) is 4.50. The third-order valence-corrected chi connectivity index (χ3v) is 13.4. The van der Waals surface area contributed by atoms with Gasteiger partial charge in [-0.2, -0.15) is 0 Å². The Labute approximate surface area is 425 Å². The number of hydrogen-bond donors (Lipinski definition) is 1. The number of fused-ring (bicyclic) bond motifs is 2. The molecular formula is C64H51N9. The second-order valence-electron chi connectivity index (χ2n) is 17.7. The van der Waals surface area contributed by atoms with Crippen molar-refractivity contribution in [2.24, 2.45) is 9.98 Å². The maximum atomic E-state index is 5.57. The van der Waals surface area contributed by atoms with Crippen LogP contribution < -0.4 is 10.2 Å². The molecule has 0 saturated heterocycles. The highest BCUT2D eigenvalue weighted by Crippen LogP contribution is 2.45. The number of pyridine rings is 1. The number of benzene rings is 7. The SMILES string of the molecule is C1=CCc2nc(-c3cc(-c4nc5cccnc5n4-c4ccccc4-c4ccccc4)cc(C4NC5=C(CN=CC=C5)N4c4ccccc4-c4ccccc4)c3)n(-c3ccccc3-c3ccccc3)c2N=C1.CC. The van der Waals surface area contributed by atoms with Crippen molar-refractivity contribution < 1.29 is 0 Å². The van der Waals surface area contributed by atoms with Crippen molar-refractivity contribution in [3.8, 4) is 67.5 Å². The number of imidazole rings is 2. The molecule has 1 atom stereocenters. The molecule has 0 bridgehead atoms. The highest BCUT2D eigenvalue weighted by Gasteiger charge is 2.36. The Balaban J connectivity index is 0.00000268. The number of para-hydroxylation sites is 3. The predicted molar refractivity (Wildman–Crippen MR) is 300 cm³/mol. The van der Waals surface area contributed by atoms with E-state index < -0.39 is 0 Å². The standard InChI is InChI=1S/C62H45N9.C2H6/c1-4-20-42(21-5-1)48-26-10-13-32-54(48)69-57-41-63-35-18-30-51(57)66-58(69)45-38-46(59-67-52-29-16-17-36-64-61(52)70(59)55-33-14-11-27-49(55)43-22-6-2-7-23-43)40-47(39-45)60-68-53-31-19-37-65-62(53)71(60)56-34-15-12-28-50(56)44-24-8-3-9-25-44;1-2/h1-28,30-40,58,66H,29,41H2;1-2H3. The molecule has 3 aromatic heterocycles. The highest BCUT2D eigenvalue weighted by atomic mass is 15.3. The number of aliphatic imine (C=N–C) groups is 2. The van der Waals surface area contributed by atoms with Crippen LogP contribution in [0.4, 0.5) is 11.5 Å². The number of nitrogens with zero attached hydrogens (tertiary/aromatic N) is 8. The molecule has 10 aromatic rings. The lowest BCUT2D eigenvalue weighted by molar-refractivity contribution is 0.648. The minimum absolute atomic E-state index is 0.368. The van der Waals surface area contributed by atoms with Crippen LogP contribution in [0, 0.1) is 0 Å². The van der Waals surface area contributed by atoms with Crippen molar-refractivity contribution in [3.05, 3.63) is 247 Å². The lowest BCUT2D eigenvalue weighted by atomic mass is 9.98. The fourth-order valence-electron chi connectivity index (χ4n) is 10.3. The van der Waals surface area contributed by atoms with Crippen LogP contribution in [-0.4, -0.2) is 43.1 Å². The van der Waals surface area contributed by atoms with Crippen molar-refractivity contribution in [2.75, 3.05) is 11.4 Å². The second-order valence-corrected chi connectivity index (χ2v) is 17.7. The first-order valence-corrected chi connectivity index (χ1v) is 24.9. The molecule has 0 radical (unpaired) electrons. The van der Waals surface area contributed by atoms with Crippen LogP contribution in [0.25, 0.3) is 78.7 Å². The molecule has 9 nitrogen and oxygen atoms in total. The molecule has 73 heavy (non-hydrogen) atoms. The summed E-state index contributed by atoms with van der Waals surface area (Å²) >= 11 is 0. The van der Waals surface area contributed by atoms with Gasteiger partial charge < -0.3 is 10.2 Å². The third-order valence-electron chi connectivity index (χ3n) is 13.4. The first kappa shape index (κ1) is 44.7. The van der Waals surface area contributed by atoms with E-state index in [1.54, 1.807) is 0 Å². The van der Waals surface area contributed by atoms with Crippen LogP contribution in [0.1, 0.15) is 31.3 Å². The third kappa shape index (κ3) is 8.26. The Bertz CT molecular complexity index is 3800. The molecule has 1 N–H and O–H groups in total. The van der Waals surface area contributed by atoms with Crippen molar-refractivity contribution in [1.29, 1.82) is 0 Å². The molecule has 1 unspecified atom stereocenters. The van der Waals surface area contributed by atoms with Gasteiger partial charge >= 0.3 is 0 Å². The smallest absolute Gasteiger partial charge is 0.164 e. The van der Waals surface area contributed by atoms with Crippen molar-refractivity contribution in [1.82, 2.24) is 29.4 Å². The van der Waals surface area contributed by atoms with Gasteiger partial charge in [-0.1, -0.05) is 166 Å². The first-order chi connectivity index (χ1) is 36.2. The summed E-state index contributed by atoms with van der Waals surface area (Å²) < 4.78 is 4.46. The van der Waals surface area contributed by atoms with Gasteiger partial charge in [-0.25, -0.2) is 19.9 Å². The predicted octanol–water partition coefficient (Wildman–Crippen LogP) is 14.7. The highest BCUT2D eigenvalue weighted by molar-refractivity contribution is 5.88. The molecule has 0 saturated carbocycles. The number of nitrogens with one attached hydrogen (secondary N) is 1. The van der Waals surface area contributed by atoms with Crippen LogP contribution in [-0.2, 0) is 6.42 Å². The van der Waals surface area contributed by atoms with Gasteiger partial charge in [0.25, 0.3) is 0 Å². The minimum Gasteiger partial charge on any atom is -0.360 e. The average molecular weight is 946 g/mol. The van der Waals surface area contributed by atoms with Gasteiger partial charge in [0.15, 0.2) is 11.5 Å². The van der Waals surface area contributed by atoms with Gasteiger partial charge in [-0.15, -0.1) is 0 Å². The molecule has 0 amide bonds. The fourth-order valence-corrected chi connectivity index (χ4v) is 10.3. The fraction of sp³-hybridized carbons (Fsp3) is 0.0781. The van der Waals surface area contributed by atoms with E-state index in [2.05, 4.69) is 213 Å². The Kier molecular flexibility index (Phi) is 12.1. The maximum absolute atomic E-state index is 5.57. The second kappa shape index (κ2) is 19.7. The van der Waals surface area contributed by atoms with E-state index in [-0.39, 0.29) is 6.17 Å². The summed E-state index contributed by atoms with van der Waals surface area (Å²) in [5.41, 5.74) is 17.0. The quantitative estimate of drug-likeness (QED) is 0.156. The van der Waals surface area contributed by atoms with Gasteiger partial charge in [0.05, 0.1) is 40.7 Å². The van der Waals surface area contributed by atoms with Crippen LogP contribution in [0.5, 0.6) is 0 Å². The molecule has 6 heterocycles. The van der Waals surface area contributed by atoms with E-state index in [1.165, 1.54) is 0 Å². The summed E-state index contributed by atoms with van der Waals surface area (Å²) in [6.07, 6.45) is 14.1. The molecule has 3 aliphatic rings. The lowest BCUT2D eigenvalue weighted by Crippen LogP contribution is -2.30. The molecule has 9 heteroatoms. The number of anilines is 1. The van der Waals surface area contributed by atoms with Gasteiger partial charge in [0.2, 0.25) is 0 Å². The van der Waals surface area contributed by atoms with E-state index in [9.17, 15) is 0 Å². The van der Waals surface area contributed by atoms with Gasteiger partial charge in [-0.05, 0) is 89.0 Å². The molecule has 3 aliphatic heterocycles. The lowest BCUT2D eigenvalue weighted by Gasteiger charge is -2.31. The summed E-state index contributed by atoms with van der Waals surface area (Å²) in [5.74, 6) is 2.32. The number of rotatable bonds is 9. The summed E-state index contributed by atoms with van der Waals surface area (Å²) in [5, 5.41) is 4.01. The normalized spacial score (nSPS) is 14.5. The Morgan fingerprint density at radius 3 is 1.73 bits per heavy atom. The van der Waals surface area contributed by atoms with Crippen molar-refractivity contribution >= 4 is 35.1 Å². The van der Waals surface area contributed by atoms with Crippen molar-refractivity contribution in [3.63, 3.8) is 0 Å². The molecule has 7 aromatic carbocycles. The van der Waals surface area contributed by atoms with E-state index in [1.807, 2.05) is 56.8 Å². The van der Waals surface area contributed by atoms with Crippen LogP contribution in [0.15, 0.2) is 246 Å². The number of hydrogen-bond acceptors (Lipinski definition) is 7. The molecule has 352 valence electrons. The monoisotopic (exact) mass is 945 g/mol. The Morgan fingerprint density at radius 2 is 1.08 bits per heavy atom. The van der Waals surface area contributed by atoms with Crippen molar-refractivity contribution in [2.45, 2.75) is 26.4 Å². The largest absolute Gasteiger partial charge is 0.360 e. The van der Waals surface area contributed by atoms with Gasteiger partial charge in [0, 0.05) is 52.9 Å². The molecule has 13 rings (SSSR count). The first-order valence-electron chi connectivity index (χ1n) is 24.9. The molecular weight excluding hydrogens is 895 g/mol. The zero-order chi connectivity index (χ0) is 49.1. The van der Waals surface area contributed by atoms with Crippen LogP contribution in [0.2, 0.25) is 0 Å². The van der Waals surface area contributed by atoms with Crippen LogP contribution >= 0.6 is 0 Å². The summed E-state index contributed by atoms with van der Waals surface area (Å²) in [6, 6.07) is 68.2. The maximum Gasteiger partial charge on any atom is 0.164 e. The Hall–Kier alpha value is -9.47. The minimum atomic E-state index is -0.368. The zero-order valence-electron chi connectivity index (χ0n) is 40.6. The van der Waals surface area contributed by atoms with E-state index in [4.69, 9.17) is 24.9 Å². The van der Waals surface area contributed by atoms with Gasteiger partial charge in [-0.3, -0.25) is 14.1 Å². The van der Waals surface area contributed by atoms with Crippen LogP contribution in [0.3, 0.4) is 0 Å². The van der Waals surface area contributed by atoms with E-state index >= 15 is 0 Å². The van der Waals surface area contributed by atoms with E-state index in [0.29, 0.717) is 13.0 Å².